The molecule has 0 atom stereocenters. The van der Waals surface area contributed by atoms with Crippen LogP contribution < -0.4 is 4.72 Å². The van der Waals surface area contributed by atoms with Gasteiger partial charge < -0.3 is 9.67 Å². The minimum atomic E-state index is -3.50. The molecule has 7 heteroatoms. The molecule has 0 radical (unpaired) electrons. The Morgan fingerprint density at radius 2 is 2.26 bits per heavy atom. The van der Waals surface area contributed by atoms with Gasteiger partial charge >= 0.3 is 0 Å². The van der Waals surface area contributed by atoms with Crippen LogP contribution >= 0.6 is 11.3 Å². The predicted octanol–water partition coefficient (Wildman–Crippen LogP) is 1.10. The van der Waals surface area contributed by atoms with Crippen molar-refractivity contribution in [2.75, 3.05) is 6.54 Å². The van der Waals surface area contributed by atoms with Crippen molar-refractivity contribution in [1.82, 2.24) is 9.29 Å². The number of hydrogen-bond acceptors (Lipinski definition) is 4. The lowest BCUT2D eigenvalue weighted by Crippen LogP contribution is -2.25. The van der Waals surface area contributed by atoms with E-state index in [9.17, 15) is 8.42 Å². The van der Waals surface area contributed by atoms with Crippen LogP contribution in [0.2, 0.25) is 0 Å². The molecule has 5 nitrogen and oxygen atoms in total. The van der Waals surface area contributed by atoms with Crippen LogP contribution in [0.5, 0.6) is 0 Å². The van der Waals surface area contributed by atoms with E-state index in [-0.39, 0.29) is 11.5 Å². The fourth-order valence-corrected chi connectivity index (χ4v) is 3.56. The van der Waals surface area contributed by atoms with Crippen molar-refractivity contribution in [2.24, 2.45) is 7.05 Å². The highest BCUT2D eigenvalue weighted by Gasteiger charge is 2.16. The molecule has 2 rings (SSSR count). The molecule has 0 aliphatic carbocycles. The second-order valence-corrected chi connectivity index (χ2v) is 6.96. The third-order valence-corrected chi connectivity index (χ3v) is 5.16. The van der Waals surface area contributed by atoms with Crippen molar-refractivity contribution < 1.29 is 13.5 Å². The van der Waals surface area contributed by atoms with Crippen molar-refractivity contribution in [3.05, 3.63) is 40.3 Å². The Balaban J connectivity index is 2.01. The minimum absolute atomic E-state index is 0.179. The highest BCUT2D eigenvalue weighted by atomic mass is 32.2. The molecule has 19 heavy (non-hydrogen) atoms. The van der Waals surface area contributed by atoms with Gasteiger partial charge in [0.2, 0.25) is 10.0 Å². The van der Waals surface area contributed by atoms with Crippen molar-refractivity contribution in [3.8, 4) is 0 Å². The summed E-state index contributed by atoms with van der Waals surface area (Å²) in [6.07, 6.45) is 2.18. The van der Waals surface area contributed by atoms with Crippen LogP contribution in [0.3, 0.4) is 0 Å². The monoisotopic (exact) mass is 300 g/mol. The first-order valence-electron chi connectivity index (χ1n) is 5.81. The molecule has 0 fully saturated rings. The SMILES string of the molecule is Cn1cc(S(=O)(=O)NCCc2cccs2)cc1CO. The molecule has 2 aromatic heterocycles. The standard InChI is InChI=1S/C12H16N2O3S2/c1-14-8-12(7-10(14)9-15)19(16,17)13-5-4-11-3-2-6-18-11/h2-3,6-8,13,15H,4-5,9H2,1H3. The lowest BCUT2D eigenvalue weighted by molar-refractivity contribution is 0.272. The molecule has 0 saturated heterocycles. The summed E-state index contributed by atoms with van der Waals surface area (Å²) in [5, 5.41) is 11.0. The number of rotatable bonds is 6. The molecule has 0 spiro atoms. The fourth-order valence-electron chi connectivity index (χ4n) is 1.73. The number of nitrogens with zero attached hydrogens (tertiary/aromatic N) is 1. The van der Waals surface area contributed by atoms with Crippen LogP contribution in [0.1, 0.15) is 10.6 Å². The predicted molar refractivity (Wildman–Crippen MR) is 74.5 cm³/mol. The van der Waals surface area contributed by atoms with Gasteiger partial charge in [-0.15, -0.1) is 11.3 Å². The molecule has 2 N–H and O–H groups in total. The quantitative estimate of drug-likeness (QED) is 0.839. The molecular formula is C12H16N2O3S2. The van der Waals surface area contributed by atoms with E-state index < -0.39 is 10.0 Å². The summed E-state index contributed by atoms with van der Waals surface area (Å²) in [6.45, 7) is 0.188. The highest BCUT2D eigenvalue weighted by Crippen LogP contribution is 2.14. The largest absolute Gasteiger partial charge is 0.390 e. The third kappa shape index (κ3) is 3.44. The highest BCUT2D eigenvalue weighted by molar-refractivity contribution is 7.89. The molecule has 0 unspecified atom stereocenters. The van der Waals surface area contributed by atoms with Gasteiger partial charge in [0.25, 0.3) is 0 Å². The molecule has 0 aromatic carbocycles. The summed E-state index contributed by atoms with van der Waals surface area (Å²) in [6, 6.07) is 5.40. The molecule has 104 valence electrons. The van der Waals surface area contributed by atoms with E-state index in [2.05, 4.69) is 4.72 Å². The molecule has 0 amide bonds. The fraction of sp³-hybridized carbons (Fsp3) is 0.333. The van der Waals surface area contributed by atoms with E-state index >= 15 is 0 Å². The maximum absolute atomic E-state index is 12.0. The van der Waals surface area contributed by atoms with Gasteiger partial charge in [0.1, 0.15) is 0 Å². The van der Waals surface area contributed by atoms with Crippen LogP contribution in [-0.2, 0) is 30.1 Å². The van der Waals surface area contributed by atoms with Gasteiger partial charge in [-0.25, -0.2) is 13.1 Å². The number of hydrogen-bond donors (Lipinski definition) is 2. The van der Waals surface area contributed by atoms with Crippen molar-refractivity contribution in [3.63, 3.8) is 0 Å². The lowest BCUT2D eigenvalue weighted by atomic mass is 10.3. The zero-order chi connectivity index (χ0) is 13.9. The molecule has 0 aliphatic heterocycles. The molecule has 0 aliphatic rings. The van der Waals surface area contributed by atoms with Crippen LogP contribution in [0, 0.1) is 0 Å². The molecule has 2 heterocycles. The van der Waals surface area contributed by atoms with E-state index in [4.69, 9.17) is 5.11 Å². The van der Waals surface area contributed by atoms with E-state index in [1.807, 2.05) is 17.5 Å². The number of sulfonamides is 1. The number of aryl methyl sites for hydroxylation is 1. The first kappa shape index (κ1) is 14.3. The number of aromatic nitrogens is 1. The Labute approximate surface area is 116 Å². The summed E-state index contributed by atoms with van der Waals surface area (Å²) < 4.78 is 28.2. The first-order chi connectivity index (χ1) is 9.03. The van der Waals surface area contributed by atoms with Gasteiger partial charge in [0, 0.05) is 30.4 Å². The van der Waals surface area contributed by atoms with Crippen molar-refractivity contribution >= 4 is 21.4 Å². The average Bonchev–Trinajstić information content (AvgIpc) is 2.98. The second kappa shape index (κ2) is 5.87. The van der Waals surface area contributed by atoms with Crippen LogP contribution in [0.25, 0.3) is 0 Å². The van der Waals surface area contributed by atoms with Gasteiger partial charge in [-0.2, -0.15) is 0 Å². The summed E-state index contributed by atoms with van der Waals surface area (Å²) in [5.74, 6) is 0. The lowest BCUT2D eigenvalue weighted by Gasteiger charge is -2.03. The van der Waals surface area contributed by atoms with Gasteiger partial charge in [0.05, 0.1) is 11.5 Å². The van der Waals surface area contributed by atoms with E-state index in [1.165, 1.54) is 12.3 Å². The number of aliphatic hydroxyl groups is 1. The van der Waals surface area contributed by atoms with E-state index in [1.54, 1.807) is 23.0 Å². The zero-order valence-electron chi connectivity index (χ0n) is 10.5. The molecule has 2 aromatic rings. The number of aliphatic hydroxyl groups excluding tert-OH is 1. The van der Waals surface area contributed by atoms with E-state index in [0.717, 1.165) is 4.88 Å². The summed E-state index contributed by atoms with van der Waals surface area (Å²) in [4.78, 5) is 1.33. The Morgan fingerprint density at radius 3 is 2.84 bits per heavy atom. The molecule has 0 saturated carbocycles. The van der Waals surface area contributed by atoms with Crippen molar-refractivity contribution in [1.29, 1.82) is 0 Å². The Bertz CT molecular complexity index is 630. The molecular weight excluding hydrogens is 284 g/mol. The smallest absolute Gasteiger partial charge is 0.242 e. The Kier molecular flexibility index (Phi) is 4.41. The van der Waals surface area contributed by atoms with Crippen LogP contribution in [0.15, 0.2) is 34.7 Å². The second-order valence-electron chi connectivity index (χ2n) is 4.16. The molecule has 0 bridgehead atoms. The zero-order valence-corrected chi connectivity index (χ0v) is 12.2. The summed E-state index contributed by atoms with van der Waals surface area (Å²) in [5.41, 5.74) is 0.568. The number of nitrogens with one attached hydrogen (secondary N) is 1. The summed E-state index contributed by atoms with van der Waals surface area (Å²) in [7, 11) is -1.80. The van der Waals surface area contributed by atoms with E-state index in [0.29, 0.717) is 18.7 Å². The van der Waals surface area contributed by atoms with Gasteiger partial charge in [-0.1, -0.05) is 6.07 Å². The van der Waals surface area contributed by atoms with Crippen LogP contribution in [0.4, 0.5) is 0 Å². The Morgan fingerprint density at radius 1 is 1.47 bits per heavy atom. The minimum Gasteiger partial charge on any atom is -0.390 e. The van der Waals surface area contributed by atoms with Crippen molar-refractivity contribution in [2.45, 2.75) is 17.9 Å². The average molecular weight is 300 g/mol. The maximum Gasteiger partial charge on any atom is 0.242 e. The van der Waals surface area contributed by atoms with Gasteiger partial charge in [0.15, 0.2) is 0 Å². The normalized spacial score (nSPS) is 11.9. The third-order valence-electron chi connectivity index (χ3n) is 2.80. The number of thiophene rings is 1. The Hall–Kier alpha value is -1.15. The van der Waals surface area contributed by atoms with Gasteiger partial charge in [-0.05, 0) is 23.9 Å². The topological polar surface area (TPSA) is 71.3 Å². The summed E-state index contributed by atoms with van der Waals surface area (Å²) >= 11 is 1.61. The van der Waals surface area contributed by atoms with Gasteiger partial charge in [-0.3, -0.25) is 0 Å². The maximum atomic E-state index is 12.0. The first-order valence-corrected chi connectivity index (χ1v) is 8.17. The van der Waals surface area contributed by atoms with Crippen LogP contribution in [-0.4, -0.2) is 24.6 Å².